The summed E-state index contributed by atoms with van der Waals surface area (Å²) in [5.74, 6) is 0.804. The van der Waals surface area contributed by atoms with Gasteiger partial charge in [-0.1, -0.05) is 18.2 Å². The summed E-state index contributed by atoms with van der Waals surface area (Å²) in [5.41, 5.74) is 1.67. The number of carbonyl (C=O) groups excluding carboxylic acids is 2. The van der Waals surface area contributed by atoms with Crippen molar-refractivity contribution in [3.05, 3.63) is 48.1 Å². The van der Waals surface area contributed by atoms with Gasteiger partial charge in [0.2, 0.25) is 0 Å². The van der Waals surface area contributed by atoms with Gasteiger partial charge in [0.15, 0.2) is 11.5 Å². The zero-order valence-electron chi connectivity index (χ0n) is 16.8. The molecule has 4 atom stereocenters. The van der Waals surface area contributed by atoms with Crippen molar-refractivity contribution >= 4 is 18.0 Å². The number of amides is 2. The van der Waals surface area contributed by atoms with Gasteiger partial charge in [0.1, 0.15) is 0 Å². The monoisotopic (exact) mass is 394 g/mol. The van der Waals surface area contributed by atoms with Gasteiger partial charge in [-0.25, -0.2) is 0 Å². The number of hydrogen-bond acceptors (Lipinski definition) is 5. The van der Waals surface area contributed by atoms with Gasteiger partial charge >= 0.3 is 0 Å². The van der Waals surface area contributed by atoms with Crippen LogP contribution >= 0.6 is 0 Å². The average molecular weight is 394 g/mol. The molecule has 1 aromatic carbocycles. The first-order chi connectivity index (χ1) is 14.1. The summed E-state index contributed by atoms with van der Waals surface area (Å²) in [7, 11) is 0. The van der Waals surface area contributed by atoms with Crippen molar-refractivity contribution in [2.75, 3.05) is 13.2 Å². The number of fused-ring (bicyclic) bond motifs is 5. The molecular formula is C23H26N2O4. The summed E-state index contributed by atoms with van der Waals surface area (Å²) in [6.07, 6.45) is 9.02. The van der Waals surface area contributed by atoms with Crippen molar-refractivity contribution < 1.29 is 19.1 Å². The summed E-state index contributed by atoms with van der Waals surface area (Å²) in [6.45, 7) is 8.66. The maximum absolute atomic E-state index is 12.8. The molecule has 4 rings (SSSR count). The number of benzene rings is 1. The van der Waals surface area contributed by atoms with Crippen LogP contribution in [0.3, 0.4) is 0 Å². The number of carbonyl (C=O) groups is 2. The molecule has 1 heterocycles. The van der Waals surface area contributed by atoms with Gasteiger partial charge in [-0.15, -0.1) is 6.58 Å². The number of ether oxygens (including phenoxy) is 2. The normalized spacial score (nSPS) is 27.2. The van der Waals surface area contributed by atoms with Crippen molar-refractivity contribution in [2.45, 2.75) is 26.7 Å². The van der Waals surface area contributed by atoms with Gasteiger partial charge < -0.3 is 9.47 Å². The first kappa shape index (κ1) is 19.4. The maximum atomic E-state index is 12.8. The molecule has 0 spiro atoms. The summed E-state index contributed by atoms with van der Waals surface area (Å²) in [6, 6.07) is 3.75. The quantitative estimate of drug-likeness (QED) is 0.385. The van der Waals surface area contributed by atoms with Crippen LogP contribution in [0.1, 0.15) is 31.4 Å². The molecule has 6 nitrogen and oxygen atoms in total. The van der Waals surface area contributed by atoms with Crippen molar-refractivity contribution in [1.29, 1.82) is 0 Å². The fraction of sp³-hybridized carbons (Fsp3) is 0.435. The van der Waals surface area contributed by atoms with E-state index in [1.54, 1.807) is 12.3 Å². The Labute approximate surface area is 170 Å². The number of imide groups is 1. The smallest absolute Gasteiger partial charge is 0.254 e. The van der Waals surface area contributed by atoms with E-state index in [1.165, 1.54) is 0 Å². The maximum Gasteiger partial charge on any atom is 0.254 e. The minimum absolute atomic E-state index is 0.177. The van der Waals surface area contributed by atoms with Crippen molar-refractivity contribution in [3.63, 3.8) is 0 Å². The van der Waals surface area contributed by atoms with Crippen LogP contribution in [0.5, 0.6) is 11.5 Å². The molecular weight excluding hydrogens is 368 g/mol. The van der Waals surface area contributed by atoms with Gasteiger partial charge in [-0.2, -0.15) is 10.1 Å². The summed E-state index contributed by atoms with van der Waals surface area (Å²) in [5, 5.41) is 5.33. The van der Waals surface area contributed by atoms with Crippen LogP contribution in [-0.4, -0.2) is 36.3 Å². The Morgan fingerprint density at radius 2 is 1.76 bits per heavy atom. The van der Waals surface area contributed by atoms with Crippen LogP contribution in [0, 0.1) is 23.7 Å². The van der Waals surface area contributed by atoms with E-state index in [9.17, 15) is 9.59 Å². The molecule has 1 saturated heterocycles. The van der Waals surface area contributed by atoms with E-state index >= 15 is 0 Å². The van der Waals surface area contributed by atoms with Gasteiger partial charge in [-0.05, 0) is 56.2 Å². The van der Waals surface area contributed by atoms with Gasteiger partial charge in [-0.3, -0.25) is 9.59 Å². The molecule has 0 aromatic heterocycles. The lowest BCUT2D eigenvalue weighted by Gasteiger charge is -2.16. The Hall–Kier alpha value is -2.89. The first-order valence-corrected chi connectivity index (χ1v) is 10.2. The largest absolute Gasteiger partial charge is 0.490 e. The molecule has 2 bridgehead atoms. The lowest BCUT2D eigenvalue weighted by Crippen LogP contribution is -2.28. The van der Waals surface area contributed by atoms with Gasteiger partial charge in [0.25, 0.3) is 11.8 Å². The van der Waals surface area contributed by atoms with Crippen molar-refractivity contribution in [3.8, 4) is 11.5 Å². The number of rotatable bonds is 8. The van der Waals surface area contributed by atoms with Crippen LogP contribution in [0.4, 0.5) is 0 Å². The minimum Gasteiger partial charge on any atom is -0.490 e. The zero-order chi connectivity index (χ0) is 20.5. The van der Waals surface area contributed by atoms with Crippen molar-refractivity contribution in [1.82, 2.24) is 5.01 Å². The minimum atomic E-state index is -0.245. The van der Waals surface area contributed by atoms with Crippen LogP contribution in [0.25, 0.3) is 0 Å². The fourth-order valence-electron chi connectivity index (χ4n) is 4.76. The first-order valence-electron chi connectivity index (χ1n) is 10.2. The van der Waals surface area contributed by atoms with Gasteiger partial charge in [0, 0.05) is 5.56 Å². The highest BCUT2D eigenvalue weighted by molar-refractivity contribution is 6.06. The molecule has 0 radical (unpaired) electrons. The predicted octanol–water partition coefficient (Wildman–Crippen LogP) is 3.35. The molecule has 0 unspecified atom stereocenters. The van der Waals surface area contributed by atoms with E-state index in [2.05, 4.69) is 23.8 Å². The Morgan fingerprint density at radius 1 is 1.10 bits per heavy atom. The molecule has 6 heteroatoms. The standard InChI is InChI=1S/C23H26N2O4/c1-4-7-17-10-14(11-18(28-5-2)21(17)29-6-3)13-24-25-22(26)19-15-8-9-16(12-15)20(19)23(25)27/h4,8-11,13,15-16,19-20H,1,5-7,12H2,2-3H3/t15-,16-,19-,20+/m0/s1. The molecule has 29 heavy (non-hydrogen) atoms. The molecule has 152 valence electrons. The molecule has 2 fully saturated rings. The second kappa shape index (κ2) is 7.85. The van der Waals surface area contributed by atoms with E-state index in [4.69, 9.17) is 9.47 Å². The molecule has 0 N–H and O–H groups in total. The Morgan fingerprint density at radius 3 is 2.34 bits per heavy atom. The molecule has 1 aliphatic heterocycles. The van der Waals surface area contributed by atoms with E-state index < -0.39 is 0 Å². The third kappa shape index (κ3) is 3.26. The third-order valence-electron chi connectivity index (χ3n) is 5.88. The second-order valence-corrected chi connectivity index (χ2v) is 7.60. The topological polar surface area (TPSA) is 68.2 Å². The molecule has 2 amide bonds. The highest BCUT2D eigenvalue weighted by Gasteiger charge is 2.59. The van der Waals surface area contributed by atoms with E-state index in [-0.39, 0.29) is 35.5 Å². The van der Waals surface area contributed by atoms with Crippen LogP contribution in [-0.2, 0) is 16.0 Å². The Bertz CT molecular complexity index is 874. The number of hydrazone groups is 1. The van der Waals surface area contributed by atoms with Gasteiger partial charge in [0.05, 0.1) is 31.3 Å². The molecule has 1 aromatic rings. The van der Waals surface area contributed by atoms with E-state index in [1.807, 2.05) is 26.0 Å². The number of allylic oxidation sites excluding steroid dienone is 3. The Kier molecular flexibility index (Phi) is 5.26. The van der Waals surface area contributed by atoms with E-state index in [0.29, 0.717) is 31.1 Å². The second-order valence-electron chi connectivity index (χ2n) is 7.60. The predicted molar refractivity (Wildman–Crippen MR) is 110 cm³/mol. The molecule has 3 aliphatic rings. The summed E-state index contributed by atoms with van der Waals surface area (Å²) >= 11 is 0. The lowest BCUT2D eigenvalue weighted by atomic mass is 9.85. The highest BCUT2D eigenvalue weighted by atomic mass is 16.5. The number of hydrogen-bond donors (Lipinski definition) is 0. The SMILES string of the molecule is C=CCc1cc(C=NN2C(=O)[C@@H]3[C@H](C2=O)[C@H]2C=C[C@H]3C2)cc(OCC)c1OCC. The fourth-order valence-corrected chi connectivity index (χ4v) is 4.76. The molecule has 1 saturated carbocycles. The van der Waals surface area contributed by atoms with Crippen LogP contribution in [0.15, 0.2) is 42.0 Å². The number of nitrogens with zero attached hydrogens (tertiary/aromatic N) is 2. The lowest BCUT2D eigenvalue weighted by molar-refractivity contribution is -0.140. The van der Waals surface area contributed by atoms with Crippen molar-refractivity contribution in [2.24, 2.45) is 28.8 Å². The Balaban J connectivity index is 1.62. The summed E-state index contributed by atoms with van der Waals surface area (Å²) in [4.78, 5) is 25.6. The zero-order valence-corrected chi connectivity index (χ0v) is 16.8. The van der Waals surface area contributed by atoms with Crippen LogP contribution in [0.2, 0.25) is 0 Å². The average Bonchev–Trinajstić information content (AvgIpc) is 3.38. The van der Waals surface area contributed by atoms with E-state index in [0.717, 1.165) is 22.6 Å². The highest BCUT2D eigenvalue weighted by Crippen LogP contribution is 2.52. The van der Waals surface area contributed by atoms with Crippen LogP contribution < -0.4 is 9.47 Å². The molecule has 2 aliphatic carbocycles. The third-order valence-corrected chi connectivity index (χ3v) is 5.88. The summed E-state index contributed by atoms with van der Waals surface area (Å²) < 4.78 is 11.5.